The standard InChI is InChI=1S/C9H16N2O3/c1-6(5-12)3-11-9(14)7-2-8(13)10-4-7/h6-7,12H,2-5H2,1H3,(H,10,13)(H,11,14). The van der Waals surface area contributed by atoms with Crippen molar-refractivity contribution in [2.75, 3.05) is 19.7 Å². The monoisotopic (exact) mass is 200 g/mol. The Morgan fingerprint density at radius 1 is 1.79 bits per heavy atom. The molecular formula is C9H16N2O3. The van der Waals surface area contributed by atoms with Crippen LogP contribution in [0.5, 0.6) is 0 Å². The molecular weight excluding hydrogens is 184 g/mol. The summed E-state index contributed by atoms with van der Waals surface area (Å²) in [6, 6.07) is 0. The molecule has 0 aromatic heterocycles. The highest BCUT2D eigenvalue weighted by Gasteiger charge is 2.27. The highest BCUT2D eigenvalue weighted by molar-refractivity contribution is 5.89. The summed E-state index contributed by atoms with van der Waals surface area (Å²) >= 11 is 0. The van der Waals surface area contributed by atoms with Crippen LogP contribution in [0.2, 0.25) is 0 Å². The normalized spacial score (nSPS) is 23.0. The Kier molecular flexibility index (Phi) is 3.88. The van der Waals surface area contributed by atoms with Gasteiger partial charge < -0.3 is 15.7 Å². The van der Waals surface area contributed by atoms with Crippen molar-refractivity contribution in [1.29, 1.82) is 0 Å². The predicted molar refractivity (Wildman–Crippen MR) is 50.4 cm³/mol. The molecule has 3 N–H and O–H groups in total. The zero-order valence-corrected chi connectivity index (χ0v) is 8.25. The van der Waals surface area contributed by atoms with Crippen molar-refractivity contribution >= 4 is 11.8 Å². The average molecular weight is 200 g/mol. The molecule has 5 nitrogen and oxygen atoms in total. The molecule has 5 heteroatoms. The maximum atomic E-state index is 11.4. The number of amides is 2. The van der Waals surface area contributed by atoms with Crippen molar-refractivity contribution in [3.8, 4) is 0 Å². The molecule has 0 radical (unpaired) electrons. The average Bonchev–Trinajstić information content (AvgIpc) is 2.60. The van der Waals surface area contributed by atoms with Crippen LogP contribution in [0, 0.1) is 11.8 Å². The number of hydrogen-bond acceptors (Lipinski definition) is 3. The van der Waals surface area contributed by atoms with Crippen LogP contribution < -0.4 is 10.6 Å². The van der Waals surface area contributed by atoms with Gasteiger partial charge in [0.1, 0.15) is 0 Å². The van der Waals surface area contributed by atoms with Gasteiger partial charge in [-0.3, -0.25) is 9.59 Å². The summed E-state index contributed by atoms with van der Waals surface area (Å²) in [6.07, 6.45) is 0.277. The fraction of sp³-hybridized carbons (Fsp3) is 0.778. The summed E-state index contributed by atoms with van der Waals surface area (Å²) in [5.74, 6) is -0.360. The summed E-state index contributed by atoms with van der Waals surface area (Å²) in [5, 5.41) is 14.0. The van der Waals surface area contributed by atoms with E-state index in [9.17, 15) is 9.59 Å². The summed E-state index contributed by atoms with van der Waals surface area (Å²) in [7, 11) is 0. The molecule has 1 saturated heterocycles. The molecule has 80 valence electrons. The van der Waals surface area contributed by atoms with Crippen molar-refractivity contribution in [2.45, 2.75) is 13.3 Å². The van der Waals surface area contributed by atoms with Crippen LogP contribution in [-0.2, 0) is 9.59 Å². The number of nitrogens with one attached hydrogen (secondary N) is 2. The first-order valence-corrected chi connectivity index (χ1v) is 4.78. The Hall–Kier alpha value is -1.10. The van der Waals surface area contributed by atoms with E-state index in [-0.39, 0.29) is 36.7 Å². The van der Waals surface area contributed by atoms with Gasteiger partial charge in [-0.05, 0) is 5.92 Å². The number of carbonyl (C=O) groups is 2. The van der Waals surface area contributed by atoms with Gasteiger partial charge in [0.05, 0.1) is 5.92 Å². The van der Waals surface area contributed by atoms with Crippen LogP contribution in [0.1, 0.15) is 13.3 Å². The molecule has 0 saturated carbocycles. The fourth-order valence-electron chi connectivity index (χ4n) is 1.27. The quantitative estimate of drug-likeness (QED) is 0.537. The second-order valence-electron chi connectivity index (χ2n) is 3.74. The minimum Gasteiger partial charge on any atom is -0.396 e. The minimum absolute atomic E-state index is 0.0577. The molecule has 2 atom stereocenters. The number of aliphatic hydroxyl groups excluding tert-OH is 1. The molecule has 1 rings (SSSR count). The Morgan fingerprint density at radius 3 is 3.00 bits per heavy atom. The van der Waals surface area contributed by atoms with Crippen LogP contribution in [0.4, 0.5) is 0 Å². The zero-order chi connectivity index (χ0) is 10.6. The molecule has 0 spiro atoms. The second kappa shape index (κ2) is 4.95. The van der Waals surface area contributed by atoms with Gasteiger partial charge in [0.2, 0.25) is 11.8 Å². The van der Waals surface area contributed by atoms with Crippen LogP contribution in [0.25, 0.3) is 0 Å². The van der Waals surface area contributed by atoms with E-state index in [1.807, 2.05) is 6.92 Å². The number of carbonyl (C=O) groups excluding carboxylic acids is 2. The van der Waals surface area contributed by atoms with Gasteiger partial charge in [-0.15, -0.1) is 0 Å². The third-order valence-electron chi connectivity index (χ3n) is 2.28. The van der Waals surface area contributed by atoms with E-state index >= 15 is 0 Å². The fourth-order valence-corrected chi connectivity index (χ4v) is 1.27. The van der Waals surface area contributed by atoms with Gasteiger partial charge in [0, 0.05) is 26.1 Å². The van der Waals surface area contributed by atoms with E-state index in [0.29, 0.717) is 13.1 Å². The lowest BCUT2D eigenvalue weighted by Gasteiger charge is -2.12. The van der Waals surface area contributed by atoms with E-state index in [1.54, 1.807) is 0 Å². The van der Waals surface area contributed by atoms with Crippen LogP contribution >= 0.6 is 0 Å². The van der Waals surface area contributed by atoms with Crippen molar-refractivity contribution in [3.05, 3.63) is 0 Å². The van der Waals surface area contributed by atoms with Crippen molar-refractivity contribution in [1.82, 2.24) is 10.6 Å². The topological polar surface area (TPSA) is 78.4 Å². The Bertz CT molecular complexity index is 230. The van der Waals surface area contributed by atoms with E-state index in [4.69, 9.17) is 5.11 Å². The predicted octanol–water partition coefficient (Wildman–Crippen LogP) is -1.13. The Labute approximate surface area is 82.9 Å². The van der Waals surface area contributed by atoms with Gasteiger partial charge in [-0.2, -0.15) is 0 Å². The summed E-state index contributed by atoms with van der Waals surface area (Å²) in [6.45, 7) is 2.79. The number of aliphatic hydroxyl groups is 1. The smallest absolute Gasteiger partial charge is 0.225 e. The molecule has 1 aliphatic heterocycles. The maximum absolute atomic E-state index is 11.4. The van der Waals surface area contributed by atoms with Crippen molar-refractivity contribution < 1.29 is 14.7 Å². The van der Waals surface area contributed by atoms with Crippen molar-refractivity contribution in [3.63, 3.8) is 0 Å². The van der Waals surface area contributed by atoms with E-state index in [1.165, 1.54) is 0 Å². The molecule has 0 aromatic rings. The second-order valence-corrected chi connectivity index (χ2v) is 3.74. The number of hydrogen-bond donors (Lipinski definition) is 3. The SMILES string of the molecule is CC(CO)CNC(=O)C1CNC(=O)C1. The van der Waals surface area contributed by atoms with Crippen LogP contribution in [0.3, 0.4) is 0 Å². The Morgan fingerprint density at radius 2 is 2.50 bits per heavy atom. The van der Waals surface area contributed by atoms with Gasteiger partial charge in [0.15, 0.2) is 0 Å². The lowest BCUT2D eigenvalue weighted by Crippen LogP contribution is -2.35. The summed E-state index contributed by atoms with van der Waals surface area (Å²) < 4.78 is 0. The number of rotatable bonds is 4. The van der Waals surface area contributed by atoms with Crippen molar-refractivity contribution in [2.24, 2.45) is 11.8 Å². The molecule has 14 heavy (non-hydrogen) atoms. The molecule has 0 bridgehead atoms. The van der Waals surface area contributed by atoms with Gasteiger partial charge in [0.25, 0.3) is 0 Å². The summed E-state index contributed by atoms with van der Waals surface area (Å²) in [5.41, 5.74) is 0. The molecule has 1 heterocycles. The third-order valence-corrected chi connectivity index (χ3v) is 2.28. The molecule has 0 aromatic carbocycles. The zero-order valence-electron chi connectivity index (χ0n) is 8.25. The first kappa shape index (κ1) is 11.0. The molecule has 2 unspecified atom stereocenters. The third kappa shape index (κ3) is 2.99. The summed E-state index contributed by atoms with van der Waals surface area (Å²) in [4.78, 5) is 22.2. The molecule has 0 aliphatic carbocycles. The molecule has 2 amide bonds. The van der Waals surface area contributed by atoms with E-state index in [0.717, 1.165) is 0 Å². The lowest BCUT2D eigenvalue weighted by atomic mass is 10.1. The Balaban J connectivity index is 2.25. The van der Waals surface area contributed by atoms with E-state index in [2.05, 4.69) is 10.6 Å². The van der Waals surface area contributed by atoms with Crippen LogP contribution in [0.15, 0.2) is 0 Å². The van der Waals surface area contributed by atoms with Gasteiger partial charge in [-0.1, -0.05) is 6.92 Å². The minimum atomic E-state index is -0.242. The highest BCUT2D eigenvalue weighted by Crippen LogP contribution is 2.08. The first-order chi connectivity index (χ1) is 6.63. The highest BCUT2D eigenvalue weighted by atomic mass is 16.3. The van der Waals surface area contributed by atoms with Crippen LogP contribution in [-0.4, -0.2) is 36.6 Å². The first-order valence-electron chi connectivity index (χ1n) is 4.78. The van der Waals surface area contributed by atoms with Gasteiger partial charge in [-0.25, -0.2) is 0 Å². The molecule has 1 fully saturated rings. The lowest BCUT2D eigenvalue weighted by molar-refractivity contribution is -0.126. The maximum Gasteiger partial charge on any atom is 0.225 e. The van der Waals surface area contributed by atoms with E-state index < -0.39 is 0 Å². The van der Waals surface area contributed by atoms with Gasteiger partial charge >= 0.3 is 0 Å². The largest absolute Gasteiger partial charge is 0.396 e. The molecule has 1 aliphatic rings.